The Bertz CT molecular complexity index is 101. The van der Waals surface area contributed by atoms with Crippen LogP contribution in [0.3, 0.4) is 0 Å². The third-order valence-corrected chi connectivity index (χ3v) is 0.565. The standard InChI is InChI=1S/C4H7NO3/c1-5(3-6)2-4(7)8/h3H,2H2,1H3,(H,7,8). The number of hydrogen-bond donors (Lipinski definition) is 1. The molecule has 0 bridgehead atoms. The predicted molar refractivity (Wildman–Crippen MR) is 26.3 cm³/mol. The van der Waals surface area contributed by atoms with Crippen molar-refractivity contribution in [2.45, 2.75) is 0 Å². The Labute approximate surface area is 46.7 Å². The molecule has 0 atom stereocenters. The molecule has 0 fully saturated rings. The van der Waals surface area contributed by atoms with Gasteiger partial charge in [-0.2, -0.15) is 0 Å². The number of carbonyl (C=O) groups is 2. The first-order valence-corrected chi connectivity index (χ1v) is 2.04. The van der Waals surface area contributed by atoms with Crippen LogP contribution in [0, 0.1) is 0 Å². The molecule has 8 heavy (non-hydrogen) atoms. The average Bonchev–Trinajstić information content (AvgIpc) is 1.65. The van der Waals surface area contributed by atoms with E-state index in [1.165, 1.54) is 7.05 Å². The highest BCUT2D eigenvalue weighted by Gasteiger charge is 1.98. The van der Waals surface area contributed by atoms with E-state index in [9.17, 15) is 9.59 Å². The number of carbonyl (C=O) groups excluding carboxylic acids is 1. The van der Waals surface area contributed by atoms with Crippen molar-refractivity contribution >= 4 is 12.4 Å². The minimum Gasteiger partial charge on any atom is -0.480 e. The fraction of sp³-hybridized carbons (Fsp3) is 0.500. The van der Waals surface area contributed by atoms with E-state index in [0.717, 1.165) is 4.90 Å². The number of rotatable bonds is 3. The van der Waals surface area contributed by atoms with Crippen LogP contribution in [0.15, 0.2) is 0 Å². The van der Waals surface area contributed by atoms with E-state index in [1.54, 1.807) is 0 Å². The van der Waals surface area contributed by atoms with Crippen LogP contribution in [0.5, 0.6) is 0 Å². The summed E-state index contributed by atoms with van der Waals surface area (Å²) < 4.78 is 0. The van der Waals surface area contributed by atoms with Gasteiger partial charge in [-0.1, -0.05) is 0 Å². The lowest BCUT2D eigenvalue weighted by atomic mass is 10.6. The molecule has 0 rings (SSSR count). The normalized spacial score (nSPS) is 8.12. The maximum atomic E-state index is 9.77. The quantitative estimate of drug-likeness (QED) is 0.490. The molecular weight excluding hydrogens is 110 g/mol. The predicted octanol–water partition coefficient (Wildman–Crippen LogP) is -0.841. The molecule has 0 heterocycles. The molecule has 4 nitrogen and oxygen atoms in total. The topological polar surface area (TPSA) is 57.6 Å². The van der Waals surface area contributed by atoms with Crippen molar-refractivity contribution in [3.05, 3.63) is 0 Å². The van der Waals surface area contributed by atoms with Crippen molar-refractivity contribution in [1.29, 1.82) is 0 Å². The molecule has 1 N–H and O–H groups in total. The fourth-order valence-electron chi connectivity index (χ4n) is 0.251. The van der Waals surface area contributed by atoms with Crippen LogP contribution >= 0.6 is 0 Å². The Morgan fingerprint density at radius 3 is 2.50 bits per heavy atom. The highest BCUT2D eigenvalue weighted by Crippen LogP contribution is 1.71. The van der Waals surface area contributed by atoms with Gasteiger partial charge in [0.25, 0.3) is 0 Å². The van der Waals surface area contributed by atoms with Gasteiger partial charge in [0.15, 0.2) is 0 Å². The van der Waals surface area contributed by atoms with Crippen LogP contribution < -0.4 is 0 Å². The van der Waals surface area contributed by atoms with E-state index < -0.39 is 5.97 Å². The summed E-state index contributed by atoms with van der Waals surface area (Å²) in [6.45, 7) is -0.233. The van der Waals surface area contributed by atoms with Crippen molar-refractivity contribution in [3.63, 3.8) is 0 Å². The zero-order valence-electron chi connectivity index (χ0n) is 4.50. The third kappa shape index (κ3) is 3.14. The average molecular weight is 117 g/mol. The lowest BCUT2D eigenvalue weighted by Crippen LogP contribution is -2.23. The van der Waals surface area contributed by atoms with E-state index in [-0.39, 0.29) is 6.54 Å². The van der Waals surface area contributed by atoms with E-state index in [0.29, 0.717) is 6.41 Å². The number of likely N-dealkylation sites (N-methyl/N-ethyl adjacent to an activating group) is 1. The second kappa shape index (κ2) is 3.01. The zero-order valence-corrected chi connectivity index (χ0v) is 4.50. The van der Waals surface area contributed by atoms with Crippen LogP contribution in [0.25, 0.3) is 0 Å². The second-order valence-electron chi connectivity index (χ2n) is 1.41. The molecule has 0 aliphatic carbocycles. The van der Waals surface area contributed by atoms with Gasteiger partial charge in [0.05, 0.1) is 0 Å². The number of hydrogen-bond acceptors (Lipinski definition) is 2. The van der Waals surface area contributed by atoms with Crippen LogP contribution in [0.4, 0.5) is 0 Å². The number of carboxylic acids is 1. The van der Waals surface area contributed by atoms with E-state index in [1.807, 2.05) is 0 Å². The number of carboxylic acid groups (broad SMARTS) is 1. The summed E-state index contributed by atoms with van der Waals surface area (Å²) in [6, 6.07) is 0. The molecule has 1 amide bonds. The molecule has 0 saturated carbocycles. The molecular formula is C4H7NO3. The highest BCUT2D eigenvalue weighted by molar-refractivity contribution is 5.71. The van der Waals surface area contributed by atoms with Crippen molar-refractivity contribution in [2.24, 2.45) is 0 Å². The largest absolute Gasteiger partial charge is 0.480 e. The molecule has 0 saturated heterocycles. The Morgan fingerprint density at radius 2 is 2.38 bits per heavy atom. The lowest BCUT2D eigenvalue weighted by molar-refractivity contribution is -0.140. The summed E-state index contributed by atoms with van der Waals surface area (Å²) in [4.78, 5) is 20.5. The second-order valence-corrected chi connectivity index (χ2v) is 1.41. The van der Waals surface area contributed by atoms with E-state index in [4.69, 9.17) is 5.11 Å². The number of amides is 1. The van der Waals surface area contributed by atoms with Crippen LogP contribution in [0.1, 0.15) is 0 Å². The molecule has 4 heteroatoms. The van der Waals surface area contributed by atoms with Crippen molar-refractivity contribution in [2.75, 3.05) is 13.6 Å². The molecule has 0 radical (unpaired) electrons. The summed E-state index contributed by atoms with van der Waals surface area (Å²) in [5.41, 5.74) is 0. The fourth-order valence-corrected chi connectivity index (χ4v) is 0.251. The minimum atomic E-state index is -1.00. The summed E-state index contributed by atoms with van der Waals surface area (Å²) in [7, 11) is 1.40. The van der Waals surface area contributed by atoms with Crippen molar-refractivity contribution in [3.8, 4) is 0 Å². The van der Waals surface area contributed by atoms with E-state index in [2.05, 4.69) is 0 Å². The lowest BCUT2D eigenvalue weighted by Gasteiger charge is -2.03. The van der Waals surface area contributed by atoms with Crippen LogP contribution in [-0.2, 0) is 9.59 Å². The van der Waals surface area contributed by atoms with Gasteiger partial charge in [-0.15, -0.1) is 0 Å². The molecule has 0 spiro atoms. The molecule has 0 aliphatic heterocycles. The molecule has 0 aromatic rings. The molecule has 46 valence electrons. The maximum absolute atomic E-state index is 9.77. The Morgan fingerprint density at radius 1 is 1.88 bits per heavy atom. The van der Waals surface area contributed by atoms with Crippen LogP contribution in [-0.4, -0.2) is 36.0 Å². The molecule has 0 aliphatic rings. The van der Waals surface area contributed by atoms with Gasteiger partial charge < -0.3 is 10.0 Å². The first-order chi connectivity index (χ1) is 3.66. The summed E-state index contributed by atoms with van der Waals surface area (Å²) in [5, 5.41) is 8.01. The van der Waals surface area contributed by atoms with Gasteiger partial charge >= 0.3 is 5.97 Å². The molecule has 0 unspecified atom stereocenters. The Hall–Kier alpha value is -1.06. The first-order valence-electron chi connectivity index (χ1n) is 2.04. The van der Waals surface area contributed by atoms with Crippen LogP contribution in [0.2, 0.25) is 0 Å². The molecule has 0 aromatic carbocycles. The number of aliphatic carboxylic acids is 1. The van der Waals surface area contributed by atoms with E-state index >= 15 is 0 Å². The van der Waals surface area contributed by atoms with Gasteiger partial charge in [0.2, 0.25) is 6.41 Å². The third-order valence-electron chi connectivity index (χ3n) is 0.565. The summed E-state index contributed by atoms with van der Waals surface area (Å²) >= 11 is 0. The monoisotopic (exact) mass is 117 g/mol. The SMILES string of the molecule is CN(C=O)CC(=O)O. The number of nitrogens with zero attached hydrogens (tertiary/aromatic N) is 1. The Kier molecular flexibility index (Phi) is 2.61. The smallest absolute Gasteiger partial charge is 0.323 e. The summed E-state index contributed by atoms with van der Waals surface area (Å²) in [5.74, 6) is -1.00. The van der Waals surface area contributed by atoms with Gasteiger partial charge in [0.1, 0.15) is 6.54 Å². The highest BCUT2D eigenvalue weighted by atomic mass is 16.4. The Balaban J connectivity index is 3.38. The minimum absolute atomic E-state index is 0.233. The summed E-state index contributed by atoms with van der Waals surface area (Å²) in [6.07, 6.45) is 0.466. The van der Waals surface area contributed by atoms with Gasteiger partial charge in [-0.3, -0.25) is 9.59 Å². The first kappa shape index (κ1) is 6.94. The zero-order chi connectivity index (χ0) is 6.57. The van der Waals surface area contributed by atoms with Crippen molar-refractivity contribution < 1.29 is 14.7 Å². The van der Waals surface area contributed by atoms with Crippen molar-refractivity contribution in [1.82, 2.24) is 4.90 Å². The maximum Gasteiger partial charge on any atom is 0.323 e. The van der Waals surface area contributed by atoms with Gasteiger partial charge in [0, 0.05) is 7.05 Å². The molecule has 0 aromatic heterocycles. The van der Waals surface area contributed by atoms with Gasteiger partial charge in [-0.05, 0) is 0 Å². The van der Waals surface area contributed by atoms with Gasteiger partial charge in [-0.25, -0.2) is 0 Å².